The van der Waals surface area contributed by atoms with Gasteiger partial charge in [0.25, 0.3) is 15.7 Å². The van der Waals surface area contributed by atoms with Crippen molar-refractivity contribution in [3.8, 4) is 11.1 Å². The second-order valence-electron chi connectivity index (χ2n) is 9.92. The molecule has 210 valence electrons. The Bertz CT molecular complexity index is 1680. The summed E-state index contributed by atoms with van der Waals surface area (Å²) in [5, 5.41) is 15.8. The first-order valence-electron chi connectivity index (χ1n) is 12.9. The van der Waals surface area contributed by atoms with E-state index in [-0.39, 0.29) is 11.3 Å². The Hall–Kier alpha value is -4.10. The summed E-state index contributed by atoms with van der Waals surface area (Å²) in [6.07, 6.45) is 5.65. The highest BCUT2D eigenvalue weighted by Crippen LogP contribution is 2.34. The van der Waals surface area contributed by atoms with E-state index in [9.17, 15) is 18.5 Å². The first-order chi connectivity index (χ1) is 19.1. The van der Waals surface area contributed by atoms with Gasteiger partial charge >= 0.3 is 0 Å². The fourth-order valence-electron chi connectivity index (χ4n) is 5.01. The summed E-state index contributed by atoms with van der Waals surface area (Å²) in [6.45, 7) is 5.01. The summed E-state index contributed by atoms with van der Waals surface area (Å²) < 4.78 is 44.3. The molecule has 0 radical (unpaired) electrons. The van der Waals surface area contributed by atoms with E-state index in [2.05, 4.69) is 16.9 Å². The molecule has 40 heavy (non-hydrogen) atoms. The van der Waals surface area contributed by atoms with Crippen molar-refractivity contribution >= 4 is 32.9 Å². The first kappa shape index (κ1) is 27.5. The molecule has 0 N–H and O–H groups in total. The summed E-state index contributed by atoms with van der Waals surface area (Å²) in [5.41, 5.74) is 0.495. The van der Waals surface area contributed by atoms with Crippen LogP contribution in [0.2, 0.25) is 0 Å². The van der Waals surface area contributed by atoms with Crippen molar-refractivity contribution in [1.82, 2.24) is 19.5 Å². The molecule has 11 nitrogen and oxygen atoms in total. The zero-order valence-corrected chi connectivity index (χ0v) is 23.3. The number of likely N-dealkylation sites (tertiary alicyclic amines) is 1. The third kappa shape index (κ3) is 5.09. The van der Waals surface area contributed by atoms with E-state index in [4.69, 9.17) is 4.98 Å². The van der Waals surface area contributed by atoms with E-state index < -0.39 is 31.3 Å². The van der Waals surface area contributed by atoms with Crippen molar-refractivity contribution in [2.75, 3.05) is 42.9 Å². The average molecular weight is 568 g/mol. The summed E-state index contributed by atoms with van der Waals surface area (Å²) in [7, 11) is -1.09. The first-order valence-corrected chi connectivity index (χ1v) is 14.3. The van der Waals surface area contributed by atoms with Crippen LogP contribution in [-0.2, 0) is 10.0 Å². The van der Waals surface area contributed by atoms with Crippen LogP contribution in [-0.4, -0.2) is 72.6 Å². The highest BCUT2D eigenvalue weighted by Gasteiger charge is 2.30. The van der Waals surface area contributed by atoms with Gasteiger partial charge in [0.2, 0.25) is 0 Å². The molecule has 4 aromatic rings. The molecule has 0 amide bonds. The molecule has 1 atom stereocenters. The zero-order chi connectivity index (χ0) is 28.6. The zero-order valence-electron chi connectivity index (χ0n) is 22.4. The molecule has 3 heterocycles. The van der Waals surface area contributed by atoms with Gasteiger partial charge in [-0.2, -0.15) is 5.10 Å². The van der Waals surface area contributed by atoms with Crippen molar-refractivity contribution in [1.29, 1.82) is 0 Å². The minimum absolute atomic E-state index is 0.107. The lowest BCUT2D eigenvalue weighted by atomic mass is 10.1. The number of fused-ring (bicyclic) bond motifs is 1. The number of benzene rings is 2. The summed E-state index contributed by atoms with van der Waals surface area (Å²) in [4.78, 5) is 19.5. The van der Waals surface area contributed by atoms with Gasteiger partial charge in [-0.15, -0.1) is 0 Å². The van der Waals surface area contributed by atoms with Crippen LogP contribution in [0.25, 0.3) is 16.8 Å². The predicted octanol–water partition coefficient (Wildman–Crippen LogP) is 4.19. The average Bonchev–Trinajstić information content (AvgIpc) is 3.56. The third-order valence-corrected chi connectivity index (χ3v) is 9.30. The van der Waals surface area contributed by atoms with Crippen molar-refractivity contribution in [3.05, 3.63) is 76.9 Å². The molecule has 5 rings (SSSR count). The van der Waals surface area contributed by atoms with Crippen LogP contribution in [0.5, 0.6) is 0 Å². The highest BCUT2D eigenvalue weighted by molar-refractivity contribution is 7.93. The van der Waals surface area contributed by atoms with Crippen LogP contribution in [0, 0.1) is 15.9 Å². The molecule has 1 aliphatic heterocycles. The van der Waals surface area contributed by atoms with Crippen LogP contribution in [0.15, 0.2) is 65.8 Å². The molecule has 0 spiro atoms. The molecule has 13 heteroatoms. The summed E-state index contributed by atoms with van der Waals surface area (Å²) >= 11 is 0. The van der Waals surface area contributed by atoms with Gasteiger partial charge in [0.15, 0.2) is 10.5 Å². The number of sulfonamides is 1. The molecule has 2 aromatic heterocycles. The Morgan fingerprint density at radius 2 is 1.93 bits per heavy atom. The molecule has 0 aliphatic carbocycles. The van der Waals surface area contributed by atoms with Gasteiger partial charge in [-0.3, -0.25) is 19.3 Å². The summed E-state index contributed by atoms with van der Waals surface area (Å²) in [6, 6.07) is 11.4. The van der Waals surface area contributed by atoms with Gasteiger partial charge in [-0.05, 0) is 56.6 Å². The fraction of sp³-hybridized carbons (Fsp3) is 0.333. The maximum absolute atomic E-state index is 15.2. The maximum Gasteiger partial charge on any atom is 0.289 e. The monoisotopic (exact) mass is 567 g/mol. The number of para-hydroxylation sites is 1. The van der Waals surface area contributed by atoms with Crippen LogP contribution < -0.4 is 9.21 Å². The smallest absolute Gasteiger partial charge is 0.289 e. The molecule has 0 unspecified atom stereocenters. The van der Waals surface area contributed by atoms with Crippen LogP contribution in [0.1, 0.15) is 19.8 Å². The standard InChI is InChI=1S/C27H30FN7O4S/c1-19-7-6-13-33(19)16-15-31(2)26-12-14-34-27(30-26)22(18-29-34)21-17-20(10-11-23(21)28)32(3)40(38,39)25-9-5-4-8-24(25)35(36)37/h4-5,8-12,14,17-19H,6-7,13,15-16H2,1-3H3/t19-/m1/s1. The van der Waals surface area contributed by atoms with Gasteiger partial charge in [0.1, 0.15) is 11.6 Å². The number of anilines is 2. The SMILES string of the molecule is C[C@@H]1CCCN1CCN(C)c1ccn2ncc(-c3cc(N(C)S(=O)(=O)c4ccccc4[N+](=O)[O-])ccc3F)c2n1. The second-order valence-corrected chi connectivity index (χ2v) is 11.9. The summed E-state index contributed by atoms with van der Waals surface area (Å²) in [5.74, 6) is 0.118. The topological polar surface area (TPSA) is 117 Å². The van der Waals surface area contributed by atoms with Gasteiger partial charge in [-0.1, -0.05) is 12.1 Å². The van der Waals surface area contributed by atoms with E-state index in [1.807, 2.05) is 18.0 Å². The largest absolute Gasteiger partial charge is 0.358 e. The van der Waals surface area contributed by atoms with Crippen molar-refractivity contribution < 1.29 is 17.7 Å². The Morgan fingerprint density at radius 3 is 2.65 bits per heavy atom. The predicted molar refractivity (Wildman–Crippen MR) is 151 cm³/mol. The molecule has 0 saturated carbocycles. The lowest BCUT2D eigenvalue weighted by molar-refractivity contribution is -0.387. The van der Waals surface area contributed by atoms with Crippen molar-refractivity contribution in [2.45, 2.75) is 30.7 Å². The second kappa shape index (κ2) is 10.8. The number of nitrogens with zero attached hydrogens (tertiary/aromatic N) is 7. The van der Waals surface area contributed by atoms with E-state index in [1.165, 1.54) is 60.9 Å². The van der Waals surface area contributed by atoms with Crippen LogP contribution >= 0.6 is 0 Å². The number of likely N-dealkylation sites (N-methyl/N-ethyl adjacent to an activating group) is 1. The Labute approximate surface area is 231 Å². The minimum Gasteiger partial charge on any atom is -0.358 e. The van der Waals surface area contributed by atoms with E-state index in [1.54, 1.807) is 6.20 Å². The minimum atomic E-state index is -4.32. The molecular weight excluding hydrogens is 537 g/mol. The van der Waals surface area contributed by atoms with Crippen molar-refractivity contribution in [3.63, 3.8) is 0 Å². The van der Waals surface area contributed by atoms with Gasteiger partial charge in [0, 0.05) is 56.6 Å². The molecule has 2 aromatic carbocycles. The van der Waals surface area contributed by atoms with Crippen LogP contribution in [0.3, 0.4) is 0 Å². The van der Waals surface area contributed by atoms with Gasteiger partial charge < -0.3 is 4.90 Å². The number of halogens is 1. The number of nitro groups is 1. The molecular formula is C27H30FN7O4S. The third-order valence-electron chi connectivity index (χ3n) is 7.46. The number of nitro benzene ring substituents is 1. The lowest BCUT2D eigenvalue weighted by Gasteiger charge is -2.25. The van der Waals surface area contributed by atoms with Gasteiger partial charge in [-0.25, -0.2) is 22.3 Å². The number of aromatic nitrogens is 3. The van der Waals surface area contributed by atoms with Crippen LogP contribution in [0.4, 0.5) is 21.6 Å². The highest BCUT2D eigenvalue weighted by atomic mass is 32.2. The van der Waals surface area contributed by atoms with E-state index in [0.717, 1.165) is 36.1 Å². The Balaban J connectivity index is 1.47. The Morgan fingerprint density at radius 1 is 1.15 bits per heavy atom. The maximum atomic E-state index is 15.2. The van der Waals surface area contributed by atoms with E-state index in [0.29, 0.717) is 23.1 Å². The molecule has 1 aliphatic rings. The lowest BCUT2D eigenvalue weighted by Crippen LogP contribution is -2.35. The normalized spacial score (nSPS) is 15.9. The number of hydrogen-bond acceptors (Lipinski definition) is 8. The Kier molecular flexibility index (Phi) is 7.43. The molecule has 1 saturated heterocycles. The van der Waals surface area contributed by atoms with E-state index >= 15 is 4.39 Å². The number of rotatable bonds is 9. The quantitative estimate of drug-likeness (QED) is 0.218. The number of hydrogen-bond donors (Lipinski definition) is 0. The van der Waals surface area contributed by atoms with Gasteiger partial charge in [0.05, 0.1) is 16.8 Å². The van der Waals surface area contributed by atoms with Crippen molar-refractivity contribution in [2.24, 2.45) is 0 Å². The molecule has 1 fully saturated rings. The fourth-order valence-corrected chi connectivity index (χ4v) is 6.35. The molecule has 0 bridgehead atoms.